The summed E-state index contributed by atoms with van der Waals surface area (Å²) in [4.78, 5) is 19.3. The number of rotatable bonds is 21. The van der Waals surface area contributed by atoms with Crippen molar-refractivity contribution >= 4 is 43.3 Å². The molecule has 6 nitrogen and oxygen atoms in total. The van der Waals surface area contributed by atoms with Crippen LogP contribution in [0.25, 0.3) is 0 Å². The largest absolute Gasteiger partial charge is 0.464 e. The third kappa shape index (κ3) is 9.53. The molecule has 8 heteroatoms. The van der Waals surface area contributed by atoms with E-state index in [2.05, 4.69) is 192 Å². The van der Waals surface area contributed by atoms with Crippen molar-refractivity contribution in [3.63, 3.8) is 0 Å². The number of nitrogens with zero attached hydrogens (tertiary/aromatic N) is 2. The van der Waals surface area contributed by atoms with Crippen LogP contribution in [0.15, 0.2) is 157 Å². The standard InChI is InChI=1S/C60H78N2O4Si2/c1-9-11-17-38-55(63)62-47(10-2)45-60-46-61(40-26-16-27-42-64-67(58(3,4)5,49-30-18-12-19-31-49)50-32-20-13-21-33-50)41-39-54(60)53-44-48(66-56(53)57(60)62)29-28-43-65-68(59(6,7)8,51-34-22-14-23-35-51)52-36-24-15-25-37-52/h9-10,12-15,18-25,30-37,44,47,54,57H,1-2,11,16-17,26-29,38-43,45-46H2,3-8H3/t47-,54-,57-,60-/m1/s1. The van der Waals surface area contributed by atoms with Gasteiger partial charge in [-0.25, -0.2) is 0 Å². The quantitative estimate of drug-likeness (QED) is 0.0417. The average molecular weight is 947 g/mol. The number of benzene rings is 4. The Morgan fingerprint density at radius 3 is 1.72 bits per heavy atom. The molecule has 2 fully saturated rings. The second-order valence-corrected chi connectivity index (χ2v) is 30.6. The van der Waals surface area contributed by atoms with Gasteiger partial charge in [0.2, 0.25) is 5.91 Å². The van der Waals surface area contributed by atoms with E-state index in [-0.39, 0.29) is 33.5 Å². The van der Waals surface area contributed by atoms with Crippen molar-refractivity contribution in [1.29, 1.82) is 0 Å². The number of fused-ring (bicyclic) bond motifs is 3. The molecule has 8 rings (SSSR count). The van der Waals surface area contributed by atoms with Crippen LogP contribution in [0.2, 0.25) is 10.1 Å². The summed E-state index contributed by atoms with van der Waals surface area (Å²) in [6.07, 6.45) is 13.0. The molecule has 0 N–H and O–H groups in total. The van der Waals surface area contributed by atoms with Crippen molar-refractivity contribution in [2.75, 3.05) is 32.8 Å². The van der Waals surface area contributed by atoms with E-state index in [0.717, 1.165) is 95.5 Å². The van der Waals surface area contributed by atoms with Crippen LogP contribution in [0.4, 0.5) is 0 Å². The fourth-order valence-electron chi connectivity index (χ4n) is 12.8. The molecule has 4 atom stereocenters. The molecule has 0 bridgehead atoms. The van der Waals surface area contributed by atoms with E-state index < -0.39 is 16.6 Å². The van der Waals surface area contributed by atoms with Crippen LogP contribution in [0.1, 0.15) is 128 Å². The predicted molar refractivity (Wildman–Crippen MR) is 286 cm³/mol. The Balaban J connectivity index is 0.962. The molecule has 1 aliphatic carbocycles. The molecule has 0 unspecified atom stereocenters. The van der Waals surface area contributed by atoms with Crippen LogP contribution in [-0.4, -0.2) is 71.2 Å². The maximum atomic E-state index is 14.4. The van der Waals surface area contributed by atoms with Crippen molar-refractivity contribution < 1.29 is 18.1 Å². The van der Waals surface area contributed by atoms with E-state index in [4.69, 9.17) is 13.3 Å². The number of carbonyl (C=O) groups excluding carboxylic acids is 1. The molecule has 2 saturated heterocycles. The summed E-state index contributed by atoms with van der Waals surface area (Å²) >= 11 is 0. The molecule has 0 saturated carbocycles. The van der Waals surface area contributed by atoms with Gasteiger partial charge in [-0.2, -0.15) is 0 Å². The lowest BCUT2D eigenvalue weighted by Crippen LogP contribution is -2.66. The molecule has 1 spiro atoms. The Kier molecular flexibility index (Phi) is 15.5. The van der Waals surface area contributed by atoms with Crippen LogP contribution in [0, 0.1) is 5.41 Å². The molecule has 68 heavy (non-hydrogen) atoms. The number of unbranched alkanes of at least 4 members (excludes halogenated alkanes) is 3. The first-order valence-corrected chi connectivity index (χ1v) is 29.5. The molecule has 2 aliphatic heterocycles. The van der Waals surface area contributed by atoms with Crippen molar-refractivity contribution in [2.24, 2.45) is 5.41 Å². The summed E-state index contributed by atoms with van der Waals surface area (Å²) in [6, 6.07) is 46.0. The monoisotopic (exact) mass is 947 g/mol. The minimum Gasteiger partial charge on any atom is -0.464 e. The van der Waals surface area contributed by atoms with Crippen molar-refractivity contribution in [3.05, 3.63) is 170 Å². The smallest absolute Gasteiger partial charge is 0.261 e. The SMILES string of the molecule is C=CCCCC(=O)N1[C@H](C=C)C[C@@]23CN(CCCCCO[Si](c4ccccc4)(c4ccccc4)C(C)(C)C)CC[C@@H]2c2cc(CCCO[Si](c4ccccc4)(c4ccccc4)C(C)(C)C)oc2[C@@H]13. The number of piperidine rings is 1. The Hall–Kier alpha value is -4.58. The zero-order valence-electron chi connectivity index (χ0n) is 42.1. The van der Waals surface area contributed by atoms with Crippen molar-refractivity contribution in [1.82, 2.24) is 9.80 Å². The lowest BCUT2D eigenvalue weighted by atomic mass is 9.68. The van der Waals surface area contributed by atoms with Crippen LogP contribution < -0.4 is 20.7 Å². The van der Waals surface area contributed by atoms with Crippen molar-refractivity contribution in [3.8, 4) is 0 Å². The molecule has 3 aliphatic rings. The predicted octanol–water partition coefficient (Wildman–Crippen LogP) is 11.5. The highest BCUT2D eigenvalue weighted by Gasteiger charge is 2.65. The van der Waals surface area contributed by atoms with E-state index >= 15 is 0 Å². The van der Waals surface area contributed by atoms with Gasteiger partial charge in [-0.05, 0) is 113 Å². The Morgan fingerprint density at radius 1 is 0.721 bits per heavy atom. The van der Waals surface area contributed by atoms with E-state index in [1.807, 2.05) is 12.2 Å². The number of aryl methyl sites for hydroxylation is 1. The molecular weight excluding hydrogens is 869 g/mol. The Labute approximate surface area is 411 Å². The van der Waals surface area contributed by atoms with E-state index in [1.165, 1.54) is 26.3 Å². The van der Waals surface area contributed by atoms with E-state index in [0.29, 0.717) is 18.9 Å². The number of hydrogen-bond acceptors (Lipinski definition) is 5. The van der Waals surface area contributed by atoms with Gasteiger partial charge in [0, 0.05) is 38.0 Å². The zero-order valence-corrected chi connectivity index (χ0v) is 44.1. The second kappa shape index (κ2) is 21.2. The third-order valence-corrected chi connectivity index (χ3v) is 25.8. The number of carbonyl (C=O) groups is 1. The molecule has 360 valence electrons. The maximum absolute atomic E-state index is 14.4. The maximum Gasteiger partial charge on any atom is 0.261 e. The van der Waals surface area contributed by atoms with E-state index in [9.17, 15) is 4.79 Å². The number of likely N-dealkylation sites (tertiary alicyclic amines) is 2. The molecule has 4 aromatic carbocycles. The first-order valence-electron chi connectivity index (χ1n) is 25.7. The third-order valence-electron chi connectivity index (χ3n) is 15.7. The van der Waals surface area contributed by atoms with Gasteiger partial charge in [0.05, 0.1) is 12.1 Å². The number of hydrogen-bond donors (Lipinski definition) is 0. The molecule has 5 aromatic rings. The lowest BCUT2D eigenvalue weighted by Gasteiger charge is -2.45. The molecular formula is C60H78N2O4Si2. The first kappa shape index (κ1) is 49.8. The molecule has 3 heterocycles. The van der Waals surface area contributed by atoms with Crippen LogP contribution in [-0.2, 0) is 20.1 Å². The Morgan fingerprint density at radius 2 is 1.24 bits per heavy atom. The fourth-order valence-corrected chi connectivity index (χ4v) is 22.0. The van der Waals surface area contributed by atoms with Crippen molar-refractivity contribution in [2.45, 2.75) is 134 Å². The summed E-state index contributed by atoms with van der Waals surface area (Å²) in [6.45, 7) is 26.8. The minimum atomic E-state index is -2.64. The fraction of sp³-hybridized carbons (Fsp3) is 0.450. The first-order chi connectivity index (χ1) is 32.8. The van der Waals surface area contributed by atoms with Crippen LogP contribution in [0.3, 0.4) is 0 Å². The topological polar surface area (TPSA) is 55.2 Å². The van der Waals surface area contributed by atoms with Gasteiger partial charge in [0.25, 0.3) is 16.6 Å². The second-order valence-electron chi connectivity index (χ2n) is 22.0. The molecule has 1 aromatic heterocycles. The molecule has 0 radical (unpaired) electrons. The lowest BCUT2D eigenvalue weighted by molar-refractivity contribution is -0.135. The van der Waals surface area contributed by atoms with Gasteiger partial charge >= 0.3 is 0 Å². The van der Waals surface area contributed by atoms with Crippen LogP contribution in [0.5, 0.6) is 0 Å². The van der Waals surface area contributed by atoms with Gasteiger partial charge in [-0.3, -0.25) is 4.79 Å². The highest BCUT2D eigenvalue weighted by atomic mass is 28.4. The number of furan rings is 1. The van der Waals surface area contributed by atoms with E-state index in [1.54, 1.807) is 0 Å². The highest BCUT2D eigenvalue weighted by molar-refractivity contribution is 7.00. The minimum absolute atomic E-state index is 0.0149. The van der Waals surface area contributed by atoms with Crippen LogP contribution >= 0.6 is 0 Å². The van der Waals surface area contributed by atoms with Gasteiger partial charge in [0.15, 0.2) is 0 Å². The van der Waals surface area contributed by atoms with Gasteiger partial charge < -0.3 is 23.1 Å². The summed E-state index contributed by atoms with van der Waals surface area (Å²) in [5.41, 5.74) is 1.24. The summed E-state index contributed by atoms with van der Waals surface area (Å²) in [5, 5.41) is 5.16. The number of amides is 1. The Bertz CT molecular complexity index is 2350. The number of allylic oxidation sites excluding steroid dienone is 1. The average Bonchev–Trinajstić information content (AvgIpc) is 3.97. The van der Waals surface area contributed by atoms with Gasteiger partial charge in [-0.15, -0.1) is 13.2 Å². The highest BCUT2D eigenvalue weighted by Crippen LogP contribution is 2.67. The molecule has 1 amide bonds. The zero-order chi connectivity index (χ0) is 48.0. The summed E-state index contributed by atoms with van der Waals surface area (Å²) < 4.78 is 21.6. The summed E-state index contributed by atoms with van der Waals surface area (Å²) in [7, 11) is -5.20. The normalized spacial score (nSPS) is 20.7. The summed E-state index contributed by atoms with van der Waals surface area (Å²) in [5.74, 6) is 2.60. The van der Waals surface area contributed by atoms with Gasteiger partial charge in [0.1, 0.15) is 11.5 Å². The van der Waals surface area contributed by atoms with Gasteiger partial charge in [-0.1, -0.05) is 175 Å².